The van der Waals surface area contributed by atoms with Gasteiger partial charge in [-0.3, -0.25) is 14.4 Å². The number of benzene rings is 2. The Kier molecular flexibility index (Phi) is 8.65. The van der Waals surface area contributed by atoms with Crippen molar-refractivity contribution in [3.63, 3.8) is 0 Å². The first-order valence-electron chi connectivity index (χ1n) is 15.5. The Morgan fingerprint density at radius 3 is 2.14 bits per heavy atom. The van der Waals surface area contributed by atoms with Crippen LogP contribution in [-0.4, -0.2) is 64.5 Å². The summed E-state index contributed by atoms with van der Waals surface area (Å²) in [5.74, 6) is -0.597. The third kappa shape index (κ3) is 6.48. The van der Waals surface area contributed by atoms with Gasteiger partial charge in [-0.25, -0.2) is 0 Å². The van der Waals surface area contributed by atoms with Crippen LogP contribution in [0.3, 0.4) is 0 Å². The summed E-state index contributed by atoms with van der Waals surface area (Å²) in [5, 5.41) is 16.1. The number of carbonyl (C=O) groups is 3. The van der Waals surface area contributed by atoms with Gasteiger partial charge < -0.3 is 25.5 Å². The number of hydrogen-bond donors (Lipinski definition) is 3. The van der Waals surface area contributed by atoms with Crippen molar-refractivity contribution in [2.24, 2.45) is 11.8 Å². The third-order valence-corrected chi connectivity index (χ3v) is 8.77. The Bertz CT molecular complexity index is 1270. The van der Waals surface area contributed by atoms with E-state index in [1.165, 1.54) is 11.1 Å². The molecule has 8 heteroatoms. The van der Waals surface area contributed by atoms with Gasteiger partial charge in [0.05, 0.1) is 6.10 Å². The van der Waals surface area contributed by atoms with E-state index in [0.717, 1.165) is 31.6 Å². The molecule has 5 rings (SSSR count). The molecule has 3 atom stereocenters. The maximum Gasteiger partial charge on any atom is 0.247 e. The van der Waals surface area contributed by atoms with Crippen LogP contribution in [0.4, 0.5) is 5.69 Å². The zero-order chi connectivity index (χ0) is 30.2. The van der Waals surface area contributed by atoms with Crippen molar-refractivity contribution >= 4 is 23.4 Å². The van der Waals surface area contributed by atoms with Crippen molar-refractivity contribution in [1.29, 1.82) is 0 Å². The fraction of sp³-hybridized carbons (Fsp3) is 0.559. The molecule has 2 aromatic rings. The first-order chi connectivity index (χ1) is 19.9. The number of nitrogens with one attached hydrogen (secondary N) is 2. The zero-order valence-electron chi connectivity index (χ0n) is 25.6. The standard InChI is InChI=1S/C34H46N4O4/c1-21(2)18-28-31(40)35-29(25-19-23-8-6-7-9-24(23)20-25)33(42)38(28)30(32(41)36-34(3,4)5)22-10-12-26(13-11-22)37-16-14-27(39)15-17-37/h6-13,21,25,27-30,39H,14-20H2,1-5H3,(H,35,40)(H,36,41)/t28-,29-,30-/m1/s1. The number of fused-ring (bicyclic) bond motifs is 1. The largest absolute Gasteiger partial charge is 0.393 e. The van der Waals surface area contributed by atoms with Gasteiger partial charge in [-0.15, -0.1) is 0 Å². The molecule has 8 nitrogen and oxygen atoms in total. The van der Waals surface area contributed by atoms with Gasteiger partial charge in [-0.1, -0.05) is 50.2 Å². The molecule has 2 saturated heterocycles. The van der Waals surface area contributed by atoms with Gasteiger partial charge in [0, 0.05) is 24.3 Å². The maximum absolute atomic E-state index is 14.5. The van der Waals surface area contributed by atoms with Crippen molar-refractivity contribution < 1.29 is 19.5 Å². The average molecular weight is 575 g/mol. The lowest BCUT2D eigenvalue weighted by Gasteiger charge is -2.45. The molecule has 2 heterocycles. The number of carbonyl (C=O) groups excluding carboxylic acids is 3. The van der Waals surface area contributed by atoms with Gasteiger partial charge >= 0.3 is 0 Å². The molecule has 42 heavy (non-hydrogen) atoms. The quantitative estimate of drug-likeness (QED) is 0.468. The molecule has 0 spiro atoms. The highest BCUT2D eigenvalue weighted by atomic mass is 16.3. The lowest BCUT2D eigenvalue weighted by molar-refractivity contribution is -0.158. The Hall–Kier alpha value is -3.39. The second kappa shape index (κ2) is 12.1. The molecule has 3 aliphatic rings. The number of nitrogens with zero attached hydrogens (tertiary/aromatic N) is 2. The lowest BCUT2D eigenvalue weighted by Crippen LogP contribution is -2.67. The summed E-state index contributed by atoms with van der Waals surface area (Å²) in [5.41, 5.74) is 3.60. The van der Waals surface area contributed by atoms with Gasteiger partial charge in [0.15, 0.2) is 0 Å². The normalized spacial score (nSPS) is 22.7. The number of aliphatic hydroxyl groups excluding tert-OH is 1. The topological polar surface area (TPSA) is 102 Å². The number of piperazine rings is 1. The van der Waals surface area contributed by atoms with Crippen LogP contribution >= 0.6 is 0 Å². The number of amides is 3. The van der Waals surface area contributed by atoms with Crippen molar-refractivity contribution in [2.75, 3.05) is 18.0 Å². The zero-order valence-corrected chi connectivity index (χ0v) is 25.6. The van der Waals surface area contributed by atoms with Crippen LogP contribution < -0.4 is 15.5 Å². The van der Waals surface area contributed by atoms with Gasteiger partial charge in [0.2, 0.25) is 17.7 Å². The molecule has 3 N–H and O–H groups in total. The first kappa shape index (κ1) is 30.1. The van der Waals surface area contributed by atoms with E-state index in [-0.39, 0.29) is 35.7 Å². The molecule has 2 aromatic carbocycles. The summed E-state index contributed by atoms with van der Waals surface area (Å²) in [6, 6.07) is 13.6. The molecular weight excluding hydrogens is 528 g/mol. The van der Waals surface area contributed by atoms with Crippen molar-refractivity contribution in [3.8, 4) is 0 Å². The first-order valence-corrected chi connectivity index (χ1v) is 15.5. The predicted octanol–water partition coefficient (Wildman–Crippen LogP) is 3.76. The highest BCUT2D eigenvalue weighted by Crippen LogP contribution is 2.36. The van der Waals surface area contributed by atoms with Crippen LogP contribution in [0.2, 0.25) is 0 Å². The van der Waals surface area contributed by atoms with E-state index in [2.05, 4.69) is 27.7 Å². The predicted molar refractivity (Wildman–Crippen MR) is 164 cm³/mol. The molecule has 3 amide bonds. The van der Waals surface area contributed by atoms with Crippen LogP contribution in [0.1, 0.15) is 76.6 Å². The summed E-state index contributed by atoms with van der Waals surface area (Å²) >= 11 is 0. The Balaban J connectivity index is 1.51. The van der Waals surface area contributed by atoms with E-state index in [0.29, 0.717) is 24.8 Å². The SMILES string of the molecule is CC(C)C[C@@H]1C(=O)N[C@H](C2Cc3ccccc3C2)C(=O)N1[C@@H](C(=O)NC(C)(C)C)c1ccc(N2CCC(O)CC2)cc1. The van der Waals surface area contributed by atoms with E-state index in [4.69, 9.17) is 0 Å². The molecule has 0 aromatic heterocycles. The van der Waals surface area contributed by atoms with E-state index in [1.807, 2.05) is 71.0 Å². The molecule has 2 fully saturated rings. The average Bonchev–Trinajstić information content (AvgIpc) is 3.36. The van der Waals surface area contributed by atoms with Crippen molar-refractivity contribution in [1.82, 2.24) is 15.5 Å². The van der Waals surface area contributed by atoms with Gasteiger partial charge in [-0.05, 0) is 93.5 Å². The molecular formula is C34H46N4O4. The van der Waals surface area contributed by atoms with Crippen molar-refractivity contribution in [3.05, 3.63) is 65.2 Å². The summed E-state index contributed by atoms with van der Waals surface area (Å²) in [4.78, 5) is 46.2. The number of hydrogen-bond acceptors (Lipinski definition) is 5. The monoisotopic (exact) mass is 574 g/mol. The highest BCUT2D eigenvalue weighted by Gasteiger charge is 2.49. The third-order valence-electron chi connectivity index (χ3n) is 8.77. The summed E-state index contributed by atoms with van der Waals surface area (Å²) in [7, 11) is 0. The smallest absolute Gasteiger partial charge is 0.247 e. The molecule has 0 saturated carbocycles. The summed E-state index contributed by atoms with van der Waals surface area (Å²) in [6.07, 6.45) is 3.07. The van der Waals surface area contributed by atoms with Gasteiger partial charge in [0.1, 0.15) is 18.1 Å². The van der Waals surface area contributed by atoms with Gasteiger partial charge in [0.25, 0.3) is 0 Å². The molecule has 0 unspecified atom stereocenters. The molecule has 0 bridgehead atoms. The minimum Gasteiger partial charge on any atom is -0.393 e. The second-order valence-corrected chi connectivity index (χ2v) is 13.8. The van der Waals surface area contributed by atoms with E-state index >= 15 is 0 Å². The van der Waals surface area contributed by atoms with Gasteiger partial charge in [-0.2, -0.15) is 0 Å². The van der Waals surface area contributed by atoms with Crippen LogP contribution in [0.15, 0.2) is 48.5 Å². The number of aliphatic hydroxyl groups is 1. The lowest BCUT2D eigenvalue weighted by atomic mass is 9.87. The van der Waals surface area contributed by atoms with Crippen LogP contribution in [0.5, 0.6) is 0 Å². The maximum atomic E-state index is 14.5. The minimum atomic E-state index is -0.949. The van der Waals surface area contributed by atoms with E-state index in [1.54, 1.807) is 4.90 Å². The number of rotatable bonds is 7. The minimum absolute atomic E-state index is 0.0653. The van der Waals surface area contributed by atoms with Crippen LogP contribution in [0, 0.1) is 11.8 Å². The van der Waals surface area contributed by atoms with Crippen LogP contribution in [-0.2, 0) is 27.2 Å². The highest BCUT2D eigenvalue weighted by molar-refractivity contribution is 6.00. The van der Waals surface area contributed by atoms with Crippen LogP contribution in [0.25, 0.3) is 0 Å². The summed E-state index contributed by atoms with van der Waals surface area (Å²) < 4.78 is 0. The number of anilines is 1. The summed E-state index contributed by atoms with van der Waals surface area (Å²) in [6.45, 7) is 11.4. The Labute approximate surface area is 249 Å². The van der Waals surface area contributed by atoms with E-state index < -0.39 is 23.7 Å². The fourth-order valence-electron chi connectivity index (χ4n) is 6.74. The Morgan fingerprint density at radius 1 is 1.00 bits per heavy atom. The molecule has 1 aliphatic carbocycles. The fourth-order valence-corrected chi connectivity index (χ4v) is 6.74. The molecule has 0 radical (unpaired) electrons. The Morgan fingerprint density at radius 2 is 1.60 bits per heavy atom. The second-order valence-electron chi connectivity index (χ2n) is 13.8. The van der Waals surface area contributed by atoms with Crippen molar-refractivity contribution in [2.45, 2.75) is 96.5 Å². The van der Waals surface area contributed by atoms with E-state index in [9.17, 15) is 19.5 Å². The molecule has 226 valence electrons. The number of piperidine rings is 1. The molecule has 2 aliphatic heterocycles.